The molecule has 1 saturated carbocycles. The molecule has 1 aromatic rings. The lowest BCUT2D eigenvalue weighted by atomic mass is 9.92. The van der Waals surface area contributed by atoms with Crippen molar-refractivity contribution in [3.05, 3.63) is 33.3 Å². The highest BCUT2D eigenvalue weighted by Gasteiger charge is 2.46. The summed E-state index contributed by atoms with van der Waals surface area (Å²) in [5, 5.41) is 10.5. The Morgan fingerprint density at radius 3 is 2.67 bits per heavy atom. The summed E-state index contributed by atoms with van der Waals surface area (Å²) in [7, 11) is 0. The zero-order valence-corrected chi connectivity index (χ0v) is 11.0. The summed E-state index contributed by atoms with van der Waals surface area (Å²) in [6.45, 7) is 1.87. The van der Waals surface area contributed by atoms with Crippen molar-refractivity contribution in [1.29, 1.82) is 0 Å². The van der Waals surface area contributed by atoms with E-state index < -0.39 is 0 Å². The van der Waals surface area contributed by atoms with E-state index in [4.69, 9.17) is 11.6 Å². The molecule has 0 amide bonds. The van der Waals surface area contributed by atoms with E-state index in [-0.39, 0.29) is 11.5 Å². The van der Waals surface area contributed by atoms with E-state index in [1.165, 1.54) is 0 Å². The Bertz CT molecular complexity index is 372. The lowest BCUT2D eigenvalue weighted by Crippen LogP contribution is -2.20. The van der Waals surface area contributed by atoms with Crippen molar-refractivity contribution >= 4 is 27.5 Å². The molecule has 1 unspecified atom stereocenters. The van der Waals surface area contributed by atoms with E-state index in [9.17, 15) is 5.11 Å². The van der Waals surface area contributed by atoms with Gasteiger partial charge in [0.25, 0.3) is 0 Å². The molecule has 0 aliphatic heterocycles. The number of halogens is 2. The summed E-state index contributed by atoms with van der Waals surface area (Å²) < 4.78 is 0.998. The molecule has 1 atom stereocenters. The van der Waals surface area contributed by atoms with Gasteiger partial charge in [-0.05, 0) is 43.9 Å². The average molecular weight is 290 g/mol. The van der Waals surface area contributed by atoms with Crippen LogP contribution in [0.15, 0.2) is 22.7 Å². The molecule has 82 valence electrons. The fourth-order valence-electron chi connectivity index (χ4n) is 1.95. The molecule has 0 spiro atoms. The minimum Gasteiger partial charge on any atom is -0.393 e. The Morgan fingerprint density at radius 1 is 1.53 bits per heavy atom. The Hall–Kier alpha value is -0.0500. The molecule has 2 rings (SSSR count). The van der Waals surface area contributed by atoms with Gasteiger partial charge in [0.15, 0.2) is 0 Å². The molecule has 3 heteroatoms. The molecule has 0 heterocycles. The third-order valence-electron chi connectivity index (χ3n) is 3.34. The van der Waals surface area contributed by atoms with Gasteiger partial charge < -0.3 is 5.11 Å². The summed E-state index contributed by atoms with van der Waals surface area (Å²) in [5.74, 6) is 0. The maximum atomic E-state index is 9.70. The number of aliphatic hydroxyl groups is 1. The molecule has 15 heavy (non-hydrogen) atoms. The lowest BCUT2D eigenvalue weighted by Gasteiger charge is -2.19. The molecule has 0 radical (unpaired) electrons. The minimum atomic E-state index is -0.239. The van der Waals surface area contributed by atoms with Crippen LogP contribution in [-0.2, 0) is 6.42 Å². The number of rotatable bonds is 3. The summed E-state index contributed by atoms with van der Waals surface area (Å²) in [5.41, 5.74) is 1.23. The zero-order valence-electron chi connectivity index (χ0n) is 8.63. The van der Waals surface area contributed by atoms with E-state index in [1.54, 1.807) is 0 Å². The molecular weight excluding hydrogens is 275 g/mol. The van der Waals surface area contributed by atoms with Crippen LogP contribution in [-0.4, -0.2) is 11.2 Å². The van der Waals surface area contributed by atoms with Crippen LogP contribution in [0.3, 0.4) is 0 Å². The van der Waals surface area contributed by atoms with Crippen molar-refractivity contribution in [2.24, 2.45) is 5.41 Å². The number of aliphatic hydroxyl groups excluding tert-OH is 1. The van der Waals surface area contributed by atoms with Crippen molar-refractivity contribution in [1.82, 2.24) is 0 Å². The minimum absolute atomic E-state index is 0.0947. The smallest absolute Gasteiger partial charge is 0.0571 e. The van der Waals surface area contributed by atoms with Crippen molar-refractivity contribution < 1.29 is 5.11 Å². The van der Waals surface area contributed by atoms with Crippen LogP contribution in [0.2, 0.25) is 5.02 Å². The van der Waals surface area contributed by atoms with Crippen LogP contribution < -0.4 is 0 Å². The highest BCUT2D eigenvalue weighted by Crippen LogP contribution is 2.51. The molecule has 0 bridgehead atoms. The highest BCUT2D eigenvalue weighted by molar-refractivity contribution is 9.10. The summed E-state index contributed by atoms with van der Waals surface area (Å²) in [4.78, 5) is 0. The molecule has 1 aliphatic carbocycles. The van der Waals surface area contributed by atoms with Gasteiger partial charge in [-0.2, -0.15) is 0 Å². The van der Waals surface area contributed by atoms with Crippen molar-refractivity contribution in [3.63, 3.8) is 0 Å². The monoisotopic (exact) mass is 288 g/mol. The van der Waals surface area contributed by atoms with Crippen LogP contribution in [0.4, 0.5) is 0 Å². The first-order valence-electron chi connectivity index (χ1n) is 5.15. The van der Waals surface area contributed by atoms with Crippen molar-refractivity contribution in [2.75, 3.05) is 0 Å². The molecule has 1 fully saturated rings. The summed E-state index contributed by atoms with van der Waals surface area (Å²) in [6.07, 6.45) is 2.86. The molecule has 1 N–H and O–H groups in total. The topological polar surface area (TPSA) is 20.2 Å². The third kappa shape index (κ3) is 2.38. The van der Waals surface area contributed by atoms with Crippen LogP contribution in [0.5, 0.6) is 0 Å². The first-order valence-corrected chi connectivity index (χ1v) is 6.33. The Morgan fingerprint density at radius 2 is 2.20 bits per heavy atom. The molecular formula is C12H14BrClO. The predicted octanol–water partition coefficient (Wildman–Crippen LogP) is 3.81. The van der Waals surface area contributed by atoms with Gasteiger partial charge in [-0.1, -0.05) is 33.6 Å². The van der Waals surface area contributed by atoms with E-state index in [2.05, 4.69) is 15.9 Å². The van der Waals surface area contributed by atoms with Gasteiger partial charge in [0.05, 0.1) is 6.10 Å². The van der Waals surface area contributed by atoms with Crippen LogP contribution >= 0.6 is 27.5 Å². The summed E-state index contributed by atoms with van der Waals surface area (Å²) >= 11 is 9.54. The van der Waals surface area contributed by atoms with Crippen LogP contribution in [0, 0.1) is 5.41 Å². The normalized spacial score (nSPS) is 20.0. The van der Waals surface area contributed by atoms with Crippen molar-refractivity contribution in [3.8, 4) is 0 Å². The number of hydrogen-bond donors (Lipinski definition) is 1. The van der Waals surface area contributed by atoms with Gasteiger partial charge in [0.2, 0.25) is 0 Å². The first-order chi connectivity index (χ1) is 7.03. The first kappa shape index (κ1) is 11.4. The van der Waals surface area contributed by atoms with Gasteiger partial charge in [0, 0.05) is 14.9 Å². The van der Waals surface area contributed by atoms with Gasteiger partial charge in [-0.3, -0.25) is 0 Å². The molecule has 1 aliphatic rings. The molecule has 0 saturated heterocycles. The molecule has 1 nitrogen and oxygen atoms in total. The highest BCUT2D eigenvalue weighted by atomic mass is 79.9. The number of benzene rings is 1. The quantitative estimate of drug-likeness (QED) is 0.897. The Kier molecular flexibility index (Phi) is 3.11. The van der Waals surface area contributed by atoms with E-state index >= 15 is 0 Å². The van der Waals surface area contributed by atoms with Crippen molar-refractivity contribution in [2.45, 2.75) is 32.3 Å². The van der Waals surface area contributed by atoms with E-state index in [0.717, 1.165) is 34.3 Å². The van der Waals surface area contributed by atoms with Crippen LogP contribution in [0.25, 0.3) is 0 Å². The van der Waals surface area contributed by atoms with E-state index in [0.29, 0.717) is 0 Å². The zero-order chi connectivity index (χ0) is 11.1. The second kappa shape index (κ2) is 4.08. The molecule has 0 aromatic heterocycles. The summed E-state index contributed by atoms with van der Waals surface area (Å²) in [6, 6.07) is 5.95. The second-order valence-electron chi connectivity index (χ2n) is 4.45. The van der Waals surface area contributed by atoms with Gasteiger partial charge in [-0.25, -0.2) is 0 Å². The van der Waals surface area contributed by atoms with Gasteiger partial charge >= 0.3 is 0 Å². The Balaban J connectivity index is 2.18. The fraction of sp³-hybridized carbons (Fsp3) is 0.500. The molecule has 1 aromatic carbocycles. The van der Waals surface area contributed by atoms with Gasteiger partial charge in [-0.15, -0.1) is 0 Å². The standard InChI is InChI=1S/C12H14BrClO/c1-8(15)12(4-5-12)7-9-2-3-10(13)6-11(9)14/h2-3,6,8,15H,4-5,7H2,1H3. The maximum Gasteiger partial charge on any atom is 0.0571 e. The van der Waals surface area contributed by atoms with Crippen LogP contribution in [0.1, 0.15) is 25.3 Å². The third-order valence-corrected chi connectivity index (χ3v) is 4.18. The van der Waals surface area contributed by atoms with E-state index in [1.807, 2.05) is 25.1 Å². The SMILES string of the molecule is CC(O)C1(Cc2ccc(Br)cc2Cl)CC1. The fourth-order valence-corrected chi connectivity index (χ4v) is 2.69. The Labute approximate surface area is 104 Å². The predicted molar refractivity (Wildman–Crippen MR) is 66.2 cm³/mol. The maximum absolute atomic E-state index is 9.70. The largest absolute Gasteiger partial charge is 0.393 e. The number of hydrogen-bond acceptors (Lipinski definition) is 1. The average Bonchev–Trinajstić information content (AvgIpc) is 2.91. The second-order valence-corrected chi connectivity index (χ2v) is 5.77. The van der Waals surface area contributed by atoms with Gasteiger partial charge in [0.1, 0.15) is 0 Å². The lowest BCUT2D eigenvalue weighted by molar-refractivity contribution is 0.110.